The molecule has 2 bridgehead atoms. The Morgan fingerprint density at radius 3 is 2.56 bits per heavy atom. The van der Waals surface area contributed by atoms with Crippen molar-refractivity contribution in [3.8, 4) is 0 Å². The second-order valence-electron chi connectivity index (χ2n) is 4.95. The Labute approximate surface area is 96.2 Å². The van der Waals surface area contributed by atoms with E-state index in [-0.39, 0.29) is 29.1 Å². The maximum Gasteiger partial charge on any atom is 0.222 e. The Bertz CT molecular complexity index is 323. The van der Waals surface area contributed by atoms with Crippen LogP contribution in [0, 0.1) is 11.8 Å². The third-order valence-corrected chi connectivity index (χ3v) is 4.55. The molecule has 3 atom stereocenters. The number of carbonyl (C=O) groups excluding carboxylic acids is 2. The highest BCUT2D eigenvalue weighted by Gasteiger charge is 2.55. The highest BCUT2D eigenvalue weighted by molar-refractivity contribution is 5.96. The number of ketones is 1. The zero-order valence-corrected chi connectivity index (χ0v) is 10.0. The topological polar surface area (TPSA) is 63.4 Å². The number of piperidine rings is 3. The number of fused-ring (bicyclic) bond motifs is 3. The molecule has 0 radical (unpaired) electrons. The fourth-order valence-corrected chi connectivity index (χ4v) is 3.49. The lowest BCUT2D eigenvalue weighted by Gasteiger charge is -2.54. The molecule has 4 heteroatoms. The minimum absolute atomic E-state index is 0.123. The third-order valence-electron chi connectivity index (χ3n) is 4.55. The van der Waals surface area contributed by atoms with Crippen molar-refractivity contribution in [3.05, 3.63) is 0 Å². The van der Waals surface area contributed by atoms with E-state index in [1.165, 1.54) is 0 Å². The largest absolute Gasteiger partial charge is 0.369 e. The molecule has 3 saturated heterocycles. The lowest BCUT2D eigenvalue weighted by atomic mass is 9.66. The molecule has 16 heavy (non-hydrogen) atoms. The molecule has 3 unspecified atom stereocenters. The van der Waals surface area contributed by atoms with E-state index >= 15 is 0 Å². The van der Waals surface area contributed by atoms with E-state index in [0.717, 1.165) is 25.8 Å². The van der Waals surface area contributed by atoms with Gasteiger partial charge in [-0.25, -0.2) is 0 Å². The van der Waals surface area contributed by atoms with Crippen LogP contribution in [0.1, 0.15) is 33.1 Å². The Morgan fingerprint density at radius 2 is 2.12 bits per heavy atom. The number of carbonyl (C=O) groups is 2. The van der Waals surface area contributed by atoms with Gasteiger partial charge in [-0.2, -0.15) is 0 Å². The lowest BCUT2D eigenvalue weighted by Crippen LogP contribution is -2.68. The maximum absolute atomic E-state index is 12.4. The van der Waals surface area contributed by atoms with Crippen LogP contribution in [0.25, 0.3) is 0 Å². The summed E-state index contributed by atoms with van der Waals surface area (Å²) in [7, 11) is 0. The van der Waals surface area contributed by atoms with Crippen molar-refractivity contribution in [3.63, 3.8) is 0 Å². The summed E-state index contributed by atoms with van der Waals surface area (Å²) in [4.78, 5) is 25.9. The van der Waals surface area contributed by atoms with Gasteiger partial charge in [0.2, 0.25) is 5.91 Å². The molecule has 3 fully saturated rings. The van der Waals surface area contributed by atoms with E-state index in [2.05, 4.69) is 18.7 Å². The monoisotopic (exact) mass is 224 g/mol. The average molecular weight is 224 g/mol. The summed E-state index contributed by atoms with van der Waals surface area (Å²) in [6.07, 6.45) is 2.48. The summed E-state index contributed by atoms with van der Waals surface area (Å²) in [6, 6.07) is 0. The highest BCUT2D eigenvalue weighted by atomic mass is 16.2. The predicted octanol–water partition coefficient (Wildman–Crippen LogP) is 0.551. The first-order chi connectivity index (χ1) is 7.56. The Hall–Kier alpha value is -0.900. The van der Waals surface area contributed by atoms with Crippen LogP contribution >= 0.6 is 0 Å². The van der Waals surface area contributed by atoms with E-state index in [0.29, 0.717) is 6.54 Å². The van der Waals surface area contributed by atoms with Crippen LogP contribution in [0.15, 0.2) is 0 Å². The summed E-state index contributed by atoms with van der Waals surface area (Å²) < 4.78 is 0. The van der Waals surface area contributed by atoms with Crippen LogP contribution in [0.2, 0.25) is 0 Å². The van der Waals surface area contributed by atoms with Crippen LogP contribution < -0.4 is 5.73 Å². The van der Waals surface area contributed by atoms with Crippen LogP contribution in [0.4, 0.5) is 0 Å². The van der Waals surface area contributed by atoms with Gasteiger partial charge in [0.1, 0.15) is 0 Å². The summed E-state index contributed by atoms with van der Waals surface area (Å²) in [5.41, 5.74) is 5.06. The number of nitrogens with zero attached hydrogens (tertiary/aromatic N) is 1. The Morgan fingerprint density at radius 1 is 1.50 bits per heavy atom. The molecule has 3 aliphatic rings. The smallest absolute Gasteiger partial charge is 0.222 e. The SMILES string of the molecule is CCC1(CC)C(=O)C2CCN1CC2C(N)=O. The van der Waals surface area contributed by atoms with Crippen LogP contribution in [0.3, 0.4) is 0 Å². The first-order valence-electron chi connectivity index (χ1n) is 6.15. The van der Waals surface area contributed by atoms with Crippen molar-refractivity contribution in [2.24, 2.45) is 17.6 Å². The number of primary amides is 1. The fraction of sp³-hybridized carbons (Fsp3) is 0.833. The predicted molar refractivity (Wildman–Crippen MR) is 60.7 cm³/mol. The van der Waals surface area contributed by atoms with Gasteiger partial charge in [-0.05, 0) is 25.8 Å². The molecule has 3 heterocycles. The molecule has 3 aliphatic heterocycles. The van der Waals surface area contributed by atoms with Gasteiger partial charge in [-0.3, -0.25) is 14.5 Å². The van der Waals surface area contributed by atoms with Gasteiger partial charge >= 0.3 is 0 Å². The molecule has 90 valence electrons. The average Bonchev–Trinajstić information content (AvgIpc) is 2.30. The second-order valence-corrected chi connectivity index (χ2v) is 4.95. The molecule has 0 aromatic rings. The van der Waals surface area contributed by atoms with Crippen molar-refractivity contribution in [2.45, 2.75) is 38.6 Å². The van der Waals surface area contributed by atoms with Gasteiger partial charge in [0.25, 0.3) is 0 Å². The van der Waals surface area contributed by atoms with Crippen LogP contribution in [0.5, 0.6) is 0 Å². The second kappa shape index (κ2) is 3.84. The highest BCUT2D eigenvalue weighted by Crippen LogP contribution is 2.42. The lowest BCUT2D eigenvalue weighted by molar-refractivity contribution is -0.159. The molecular formula is C12H20N2O2. The molecule has 0 saturated carbocycles. The van der Waals surface area contributed by atoms with Crippen molar-refractivity contribution in [1.82, 2.24) is 4.90 Å². The third kappa shape index (κ3) is 1.32. The van der Waals surface area contributed by atoms with E-state index in [9.17, 15) is 9.59 Å². The Balaban J connectivity index is 2.33. The van der Waals surface area contributed by atoms with Gasteiger partial charge in [-0.15, -0.1) is 0 Å². The number of nitrogens with two attached hydrogens (primary N) is 1. The van der Waals surface area contributed by atoms with Gasteiger partial charge in [-0.1, -0.05) is 13.8 Å². The Kier molecular flexibility index (Phi) is 2.78. The van der Waals surface area contributed by atoms with Crippen molar-refractivity contribution in [2.75, 3.05) is 13.1 Å². The van der Waals surface area contributed by atoms with E-state index < -0.39 is 0 Å². The first-order valence-corrected chi connectivity index (χ1v) is 6.15. The van der Waals surface area contributed by atoms with Crippen LogP contribution in [-0.4, -0.2) is 35.2 Å². The quantitative estimate of drug-likeness (QED) is 0.761. The van der Waals surface area contributed by atoms with E-state index in [4.69, 9.17) is 5.73 Å². The molecule has 0 aliphatic carbocycles. The summed E-state index contributed by atoms with van der Waals surface area (Å²) in [5, 5.41) is 0. The molecule has 0 spiro atoms. The van der Waals surface area contributed by atoms with Crippen molar-refractivity contribution < 1.29 is 9.59 Å². The minimum Gasteiger partial charge on any atom is -0.369 e. The number of hydrogen-bond acceptors (Lipinski definition) is 3. The normalized spacial score (nSPS) is 36.4. The first kappa shape index (κ1) is 11.6. The number of amides is 1. The molecule has 3 rings (SSSR count). The van der Waals surface area contributed by atoms with Crippen LogP contribution in [-0.2, 0) is 9.59 Å². The van der Waals surface area contributed by atoms with Gasteiger partial charge in [0.05, 0.1) is 11.5 Å². The fourth-order valence-electron chi connectivity index (χ4n) is 3.49. The summed E-state index contributed by atoms with van der Waals surface area (Å²) >= 11 is 0. The molecule has 1 amide bonds. The summed E-state index contributed by atoms with van der Waals surface area (Å²) in [5.74, 6) is -0.447. The zero-order valence-electron chi connectivity index (χ0n) is 10.0. The van der Waals surface area contributed by atoms with E-state index in [1.807, 2.05) is 0 Å². The zero-order chi connectivity index (χ0) is 11.9. The summed E-state index contributed by atoms with van der Waals surface area (Å²) in [6.45, 7) is 5.72. The number of rotatable bonds is 3. The number of hydrogen-bond donors (Lipinski definition) is 1. The standard InChI is InChI=1S/C12H20N2O2/c1-3-12(4-2)10(15)8-5-6-14(12)7-9(8)11(13)16/h8-9H,3-7H2,1-2H3,(H2,13,16). The molecule has 0 aromatic carbocycles. The van der Waals surface area contributed by atoms with Gasteiger partial charge < -0.3 is 5.73 Å². The molecule has 2 N–H and O–H groups in total. The molecule has 4 nitrogen and oxygen atoms in total. The van der Waals surface area contributed by atoms with Crippen molar-refractivity contribution >= 4 is 11.7 Å². The molecular weight excluding hydrogens is 204 g/mol. The van der Waals surface area contributed by atoms with Gasteiger partial charge in [0.15, 0.2) is 5.78 Å². The minimum atomic E-state index is -0.316. The maximum atomic E-state index is 12.4. The van der Waals surface area contributed by atoms with E-state index in [1.54, 1.807) is 0 Å². The number of Topliss-reactive ketones (excluding diaryl/α,β-unsaturated/α-hetero) is 1. The van der Waals surface area contributed by atoms with Gasteiger partial charge in [0, 0.05) is 12.5 Å². The molecule has 0 aromatic heterocycles. The van der Waals surface area contributed by atoms with Crippen molar-refractivity contribution in [1.29, 1.82) is 0 Å².